The third kappa shape index (κ3) is 2.98. The van der Waals surface area contributed by atoms with Crippen molar-refractivity contribution >= 4 is 17.8 Å². The Labute approximate surface area is 128 Å². The van der Waals surface area contributed by atoms with Gasteiger partial charge in [-0.2, -0.15) is 0 Å². The predicted octanol–water partition coefficient (Wildman–Crippen LogP) is 1.78. The highest BCUT2D eigenvalue weighted by Gasteiger charge is 2.51. The molecule has 7 nitrogen and oxygen atoms in total. The van der Waals surface area contributed by atoms with Crippen LogP contribution in [0.1, 0.15) is 19.4 Å². The number of ether oxygens (including phenoxy) is 2. The van der Waals surface area contributed by atoms with Crippen molar-refractivity contribution in [2.45, 2.75) is 19.4 Å². The number of hydrogen-bond donors (Lipinski definition) is 2. The largest absolute Gasteiger partial charge is 0.465 e. The number of rotatable bonds is 3. The third-order valence-corrected chi connectivity index (χ3v) is 3.06. The lowest BCUT2D eigenvalue weighted by molar-refractivity contribution is -0.142. The zero-order valence-electron chi connectivity index (χ0n) is 12.0. The van der Waals surface area contributed by atoms with Gasteiger partial charge in [-0.3, -0.25) is 14.9 Å². The van der Waals surface area contributed by atoms with Crippen molar-refractivity contribution in [2.75, 3.05) is 0 Å². The molecule has 1 aliphatic rings. The van der Waals surface area contributed by atoms with Crippen LogP contribution in [-0.4, -0.2) is 23.0 Å². The molecule has 1 aromatic rings. The number of esters is 1. The zero-order valence-corrected chi connectivity index (χ0v) is 12.0. The first-order chi connectivity index (χ1) is 10.6. The molecule has 0 bridgehead atoms. The van der Waals surface area contributed by atoms with Gasteiger partial charge in [-0.05, 0) is 19.1 Å². The number of ketones is 1. The van der Waals surface area contributed by atoms with Gasteiger partial charge in [0.15, 0.2) is 0 Å². The Bertz CT molecular complexity index is 745. The van der Waals surface area contributed by atoms with Gasteiger partial charge in [-0.25, -0.2) is 13.6 Å². The minimum atomic E-state index is -2.01. The number of carbonyl (C=O) groups is 3. The SMILES string of the molecule is CC(=O)OC1=C(NC(=O)O)OC(C)(c2ccc(F)cc2F)C1=O. The van der Waals surface area contributed by atoms with Crippen molar-refractivity contribution < 1.29 is 37.7 Å². The summed E-state index contributed by atoms with van der Waals surface area (Å²) in [6.45, 7) is 2.14. The Hall–Kier alpha value is -2.97. The number of Topliss-reactive ketones (excluding diaryl/α,β-unsaturated/α-hetero) is 1. The molecule has 1 atom stereocenters. The standard InChI is InChI=1S/C14H11F2NO6/c1-6(18)22-10-11(19)14(2,23-12(10)17-13(20)21)8-4-3-7(15)5-9(8)16/h3-5,17H,1-2H3,(H,20,21). The zero-order chi connectivity index (χ0) is 17.4. The Morgan fingerprint density at radius 1 is 1.35 bits per heavy atom. The average molecular weight is 327 g/mol. The van der Waals surface area contributed by atoms with Crippen molar-refractivity contribution in [3.05, 3.63) is 47.0 Å². The highest BCUT2D eigenvalue weighted by Crippen LogP contribution is 2.39. The Balaban J connectivity index is 2.49. The molecule has 1 aliphatic heterocycles. The van der Waals surface area contributed by atoms with Crippen molar-refractivity contribution in [1.82, 2.24) is 5.32 Å². The second kappa shape index (κ2) is 5.67. The molecule has 2 rings (SSSR count). The first-order valence-electron chi connectivity index (χ1n) is 6.27. The van der Waals surface area contributed by atoms with Gasteiger partial charge in [-0.1, -0.05) is 0 Å². The molecule has 122 valence electrons. The van der Waals surface area contributed by atoms with Crippen LogP contribution in [0.2, 0.25) is 0 Å². The van der Waals surface area contributed by atoms with Crippen LogP contribution in [-0.2, 0) is 24.7 Å². The molecule has 9 heteroatoms. The molecule has 1 heterocycles. The molecule has 1 unspecified atom stereocenters. The lowest BCUT2D eigenvalue weighted by Gasteiger charge is -2.23. The quantitative estimate of drug-likeness (QED) is 0.821. The van der Waals surface area contributed by atoms with Crippen molar-refractivity contribution in [2.24, 2.45) is 0 Å². The van der Waals surface area contributed by atoms with E-state index in [4.69, 9.17) is 9.84 Å². The first-order valence-corrected chi connectivity index (χ1v) is 6.27. The van der Waals surface area contributed by atoms with Crippen LogP contribution in [0.25, 0.3) is 0 Å². The van der Waals surface area contributed by atoms with Crippen LogP contribution in [0.4, 0.5) is 13.6 Å². The van der Waals surface area contributed by atoms with Crippen LogP contribution in [0.5, 0.6) is 0 Å². The Morgan fingerprint density at radius 2 is 2.00 bits per heavy atom. The molecule has 0 fully saturated rings. The molecule has 0 saturated carbocycles. The van der Waals surface area contributed by atoms with Gasteiger partial charge >= 0.3 is 12.1 Å². The highest BCUT2D eigenvalue weighted by molar-refractivity contribution is 6.04. The van der Waals surface area contributed by atoms with Gasteiger partial charge in [0.2, 0.25) is 17.2 Å². The van der Waals surface area contributed by atoms with Crippen molar-refractivity contribution in [3.8, 4) is 0 Å². The number of hydrogen-bond acceptors (Lipinski definition) is 5. The number of halogens is 2. The monoisotopic (exact) mass is 327 g/mol. The molecular formula is C14H11F2NO6. The lowest BCUT2D eigenvalue weighted by Crippen LogP contribution is -2.33. The van der Waals surface area contributed by atoms with E-state index in [2.05, 4.69) is 4.74 Å². The van der Waals surface area contributed by atoms with E-state index < -0.39 is 46.7 Å². The van der Waals surface area contributed by atoms with Gasteiger partial charge < -0.3 is 14.6 Å². The van der Waals surface area contributed by atoms with E-state index in [1.807, 2.05) is 0 Å². The second-order valence-electron chi connectivity index (χ2n) is 4.77. The Kier molecular flexibility index (Phi) is 4.04. The molecule has 0 saturated heterocycles. The lowest BCUT2D eigenvalue weighted by atomic mass is 9.91. The van der Waals surface area contributed by atoms with Crippen molar-refractivity contribution in [1.29, 1.82) is 0 Å². The summed E-state index contributed by atoms with van der Waals surface area (Å²) >= 11 is 0. The van der Waals surface area contributed by atoms with E-state index in [1.54, 1.807) is 5.32 Å². The summed E-state index contributed by atoms with van der Waals surface area (Å²) in [6, 6.07) is 2.44. The van der Waals surface area contributed by atoms with E-state index in [1.165, 1.54) is 0 Å². The molecule has 0 aliphatic carbocycles. The van der Waals surface area contributed by atoms with Crippen molar-refractivity contribution in [3.63, 3.8) is 0 Å². The molecule has 23 heavy (non-hydrogen) atoms. The molecule has 1 aromatic carbocycles. The molecule has 0 spiro atoms. The van der Waals surface area contributed by atoms with E-state index in [0.29, 0.717) is 6.07 Å². The third-order valence-electron chi connectivity index (χ3n) is 3.06. The van der Waals surface area contributed by atoms with Crippen LogP contribution in [0.3, 0.4) is 0 Å². The summed E-state index contributed by atoms with van der Waals surface area (Å²) in [5.74, 6) is -5.17. The van der Waals surface area contributed by atoms with Gasteiger partial charge in [0.05, 0.1) is 0 Å². The molecule has 1 amide bonds. The normalized spacial score (nSPS) is 20.3. The predicted molar refractivity (Wildman–Crippen MR) is 69.8 cm³/mol. The number of carboxylic acid groups (broad SMARTS) is 1. The van der Waals surface area contributed by atoms with E-state index >= 15 is 0 Å². The summed E-state index contributed by atoms with van der Waals surface area (Å²) in [5.41, 5.74) is -2.35. The van der Waals surface area contributed by atoms with E-state index in [0.717, 1.165) is 26.0 Å². The molecular weight excluding hydrogens is 316 g/mol. The topological polar surface area (TPSA) is 102 Å². The summed E-state index contributed by atoms with van der Waals surface area (Å²) in [5, 5.41) is 10.5. The van der Waals surface area contributed by atoms with Crippen LogP contribution in [0.15, 0.2) is 29.8 Å². The minimum Gasteiger partial charge on any atom is -0.465 e. The maximum atomic E-state index is 14.0. The van der Waals surface area contributed by atoms with Gasteiger partial charge in [0, 0.05) is 18.6 Å². The summed E-state index contributed by atoms with van der Waals surface area (Å²) < 4.78 is 36.8. The van der Waals surface area contributed by atoms with Gasteiger partial charge in [-0.15, -0.1) is 0 Å². The summed E-state index contributed by atoms with van der Waals surface area (Å²) in [7, 11) is 0. The van der Waals surface area contributed by atoms with Crippen LogP contribution in [0, 0.1) is 11.6 Å². The summed E-state index contributed by atoms with van der Waals surface area (Å²) in [6.07, 6.45) is -1.58. The number of nitrogens with one attached hydrogen (secondary N) is 1. The maximum absolute atomic E-state index is 14.0. The number of amides is 1. The van der Waals surface area contributed by atoms with Gasteiger partial charge in [0.25, 0.3) is 5.78 Å². The smallest absolute Gasteiger partial charge is 0.411 e. The first kappa shape index (κ1) is 16.4. The van der Waals surface area contributed by atoms with Crippen LogP contribution >= 0.6 is 0 Å². The molecule has 2 N–H and O–H groups in total. The summed E-state index contributed by atoms with van der Waals surface area (Å²) in [4.78, 5) is 34.3. The fraction of sp³-hybridized carbons (Fsp3) is 0.214. The average Bonchev–Trinajstić information content (AvgIpc) is 2.63. The number of carbonyl (C=O) groups excluding carboxylic acids is 2. The van der Waals surface area contributed by atoms with Crippen LogP contribution < -0.4 is 5.32 Å². The fourth-order valence-electron chi connectivity index (χ4n) is 2.09. The highest BCUT2D eigenvalue weighted by atomic mass is 19.1. The van der Waals surface area contributed by atoms with E-state index in [9.17, 15) is 23.2 Å². The van der Waals surface area contributed by atoms with E-state index in [-0.39, 0.29) is 5.56 Å². The maximum Gasteiger partial charge on any atom is 0.411 e. The molecule has 0 aromatic heterocycles. The van der Waals surface area contributed by atoms with Gasteiger partial charge in [0.1, 0.15) is 11.6 Å². The second-order valence-corrected chi connectivity index (χ2v) is 4.77. The molecule has 0 radical (unpaired) electrons. The number of benzene rings is 1. The minimum absolute atomic E-state index is 0.337. The fourth-order valence-corrected chi connectivity index (χ4v) is 2.09. The Morgan fingerprint density at radius 3 is 2.52 bits per heavy atom.